The maximum atomic E-state index is 13.7. The van der Waals surface area contributed by atoms with Crippen LogP contribution >= 0.6 is 15.9 Å². The standard InChI is InChI=1S/C15H14BrF2NO2/c1-20-11-3-9(4-12(7-11)21-2)8-19-15-13(17)5-10(16)6-14(15)18/h3-7,19H,8H2,1-2H3. The van der Waals surface area contributed by atoms with Crippen molar-refractivity contribution in [3.8, 4) is 11.5 Å². The van der Waals surface area contributed by atoms with Gasteiger partial charge in [0.1, 0.15) is 28.8 Å². The summed E-state index contributed by atoms with van der Waals surface area (Å²) in [5.74, 6) is -0.0840. The van der Waals surface area contributed by atoms with E-state index in [2.05, 4.69) is 21.2 Å². The molecule has 0 radical (unpaired) electrons. The second-order valence-corrected chi connectivity index (χ2v) is 5.23. The van der Waals surface area contributed by atoms with E-state index in [0.29, 0.717) is 16.0 Å². The molecule has 0 atom stereocenters. The summed E-state index contributed by atoms with van der Waals surface area (Å²) in [5.41, 5.74) is 0.618. The Labute approximate surface area is 130 Å². The molecule has 2 aromatic carbocycles. The summed E-state index contributed by atoms with van der Waals surface area (Å²) >= 11 is 3.04. The summed E-state index contributed by atoms with van der Waals surface area (Å²) in [4.78, 5) is 0. The molecular formula is C15H14BrF2NO2. The Morgan fingerprint density at radius 2 is 1.48 bits per heavy atom. The second-order valence-electron chi connectivity index (χ2n) is 4.32. The van der Waals surface area contributed by atoms with Crippen LogP contribution in [-0.2, 0) is 6.54 Å². The SMILES string of the molecule is COc1cc(CNc2c(F)cc(Br)cc2F)cc(OC)c1. The van der Waals surface area contributed by atoms with Gasteiger partial charge in [-0.15, -0.1) is 0 Å². The normalized spacial score (nSPS) is 10.3. The van der Waals surface area contributed by atoms with Crippen molar-refractivity contribution in [1.29, 1.82) is 0 Å². The number of hydrogen-bond donors (Lipinski definition) is 1. The van der Waals surface area contributed by atoms with Gasteiger partial charge in [0.15, 0.2) is 0 Å². The van der Waals surface area contributed by atoms with Crippen molar-refractivity contribution >= 4 is 21.6 Å². The summed E-state index contributed by atoms with van der Waals surface area (Å²) in [7, 11) is 3.08. The molecule has 0 heterocycles. The monoisotopic (exact) mass is 357 g/mol. The lowest BCUT2D eigenvalue weighted by Crippen LogP contribution is -2.04. The molecule has 0 amide bonds. The van der Waals surface area contributed by atoms with Crippen LogP contribution in [0.2, 0.25) is 0 Å². The van der Waals surface area contributed by atoms with E-state index in [1.165, 1.54) is 12.1 Å². The van der Waals surface area contributed by atoms with Crippen molar-refractivity contribution < 1.29 is 18.3 Å². The molecule has 0 spiro atoms. The van der Waals surface area contributed by atoms with Gasteiger partial charge in [0.05, 0.1) is 14.2 Å². The molecule has 0 unspecified atom stereocenters. The Hall–Kier alpha value is -1.82. The summed E-state index contributed by atoms with van der Waals surface area (Å²) in [6, 6.07) is 7.67. The van der Waals surface area contributed by atoms with Gasteiger partial charge in [0.2, 0.25) is 0 Å². The van der Waals surface area contributed by atoms with Crippen molar-refractivity contribution in [2.24, 2.45) is 0 Å². The third kappa shape index (κ3) is 3.85. The molecule has 2 rings (SSSR count). The van der Waals surface area contributed by atoms with Crippen LogP contribution in [0.1, 0.15) is 5.56 Å². The first-order valence-corrected chi connectivity index (χ1v) is 6.93. The largest absolute Gasteiger partial charge is 0.497 e. The maximum Gasteiger partial charge on any atom is 0.150 e. The van der Waals surface area contributed by atoms with Gasteiger partial charge in [0, 0.05) is 17.1 Å². The van der Waals surface area contributed by atoms with E-state index in [9.17, 15) is 8.78 Å². The Morgan fingerprint density at radius 1 is 0.952 bits per heavy atom. The number of benzene rings is 2. The fourth-order valence-electron chi connectivity index (χ4n) is 1.87. The fraction of sp³-hybridized carbons (Fsp3) is 0.200. The Kier molecular flexibility index (Phi) is 5.01. The minimum atomic E-state index is -0.656. The topological polar surface area (TPSA) is 30.5 Å². The molecule has 3 nitrogen and oxygen atoms in total. The Morgan fingerprint density at radius 3 is 1.95 bits per heavy atom. The number of hydrogen-bond acceptors (Lipinski definition) is 3. The van der Waals surface area contributed by atoms with E-state index >= 15 is 0 Å². The van der Waals surface area contributed by atoms with E-state index in [0.717, 1.165) is 5.56 Å². The first kappa shape index (κ1) is 15.6. The molecule has 21 heavy (non-hydrogen) atoms. The molecule has 0 bridgehead atoms. The van der Waals surface area contributed by atoms with Crippen LogP contribution in [0, 0.1) is 11.6 Å². The zero-order valence-corrected chi connectivity index (χ0v) is 13.1. The molecule has 0 aliphatic carbocycles. The van der Waals surface area contributed by atoms with Crippen molar-refractivity contribution in [2.45, 2.75) is 6.54 Å². The molecule has 0 aliphatic heterocycles. The first-order chi connectivity index (χ1) is 10.0. The molecular weight excluding hydrogens is 344 g/mol. The van der Waals surface area contributed by atoms with Crippen LogP contribution in [0.3, 0.4) is 0 Å². The number of rotatable bonds is 5. The van der Waals surface area contributed by atoms with Crippen LogP contribution in [0.25, 0.3) is 0 Å². The van der Waals surface area contributed by atoms with Crippen molar-refractivity contribution in [3.63, 3.8) is 0 Å². The molecule has 1 N–H and O–H groups in total. The van der Waals surface area contributed by atoms with Crippen molar-refractivity contribution in [1.82, 2.24) is 0 Å². The van der Waals surface area contributed by atoms with Crippen LogP contribution in [0.5, 0.6) is 11.5 Å². The fourth-order valence-corrected chi connectivity index (χ4v) is 2.27. The predicted molar refractivity (Wildman–Crippen MR) is 80.9 cm³/mol. The summed E-state index contributed by atoms with van der Waals surface area (Å²) < 4.78 is 38.1. The highest BCUT2D eigenvalue weighted by atomic mass is 79.9. The lowest BCUT2D eigenvalue weighted by atomic mass is 10.2. The van der Waals surface area contributed by atoms with Gasteiger partial charge in [-0.25, -0.2) is 8.78 Å². The van der Waals surface area contributed by atoms with Gasteiger partial charge in [-0.2, -0.15) is 0 Å². The van der Waals surface area contributed by atoms with Crippen LogP contribution in [0.4, 0.5) is 14.5 Å². The molecule has 0 aliphatic rings. The minimum Gasteiger partial charge on any atom is -0.497 e. The lowest BCUT2D eigenvalue weighted by Gasteiger charge is -2.11. The highest BCUT2D eigenvalue weighted by molar-refractivity contribution is 9.10. The Balaban J connectivity index is 2.20. The molecule has 112 valence electrons. The van der Waals surface area contributed by atoms with Gasteiger partial charge in [-0.3, -0.25) is 0 Å². The second kappa shape index (κ2) is 6.76. The van der Waals surface area contributed by atoms with Gasteiger partial charge in [-0.05, 0) is 29.8 Å². The summed E-state index contributed by atoms with van der Waals surface area (Å²) in [6.45, 7) is 0.239. The zero-order valence-electron chi connectivity index (χ0n) is 11.5. The molecule has 0 saturated carbocycles. The number of methoxy groups -OCH3 is 2. The van der Waals surface area contributed by atoms with E-state index < -0.39 is 11.6 Å². The number of anilines is 1. The van der Waals surface area contributed by atoms with Crippen LogP contribution in [-0.4, -0.2) is 14.2 Å². The van der Waals surface area contributed by atoms with Crippen molar-refractivity contribution in [2.75, 3.05) is 19.5 Å². The van der Waals surface area contributed by atoms with E-state index in [1.807, 2.05) is 0 Å². The highest BCUT2D eigenvalue weighted by Gasteiger charge is 2.10. The smallest absolute Gasteiger partial charge is 0.150 e. The van der Waals surface area contributed by atoms with Crippen LogP contribution < -0.4 is 14.8 Å². The number of halogens is 3. The quantitative estimate of drug-likeness (QED) is 0.862. The first-order valence-electron chi connectivity index (χ1n) is 6.14. The van der Waals surface area contributed by atoms with Gasteiger partial charge >= 0.3 is 0 Å². The maximum absolute atomic E-state index is 13.7. The third-order valence-electron chi connectivity index (χ3n) is 2.89. The zero-order chi connectivity index (χ0) is 15.4. The van der Waals surface area contributed by atoms with E-state index in [-0.39, 0.29) is 12.2 Å². The van der Waals surface area contributed by atoms with Gasteiger partial charge < -0.3 is 14.8 Å². The van der Waals surface area contributed by atoms with Crippen molar-refractivity contribution in [3.05, 3.63) is 52.0 Å². The molecule has 6 heteroatoms. The van der Waals surface area contributed by atoms with Gasteiger partial charge in [-0.1, -0.05) is 15.9 Å². The van der Waals surface area contributed by atoms with E-state index in [1.54, 1.807) is 32.4 Å². The van der Waals surface area contributed by atoms with E-state index in [4.69, 9.17) is 9.47 Å². The van der Waals surface area contributed by atoms with Gasteiger partial charge in [0.25, 0.3) is 0 Å². The van der Waals surface area contributed by atoms with Crippen LogP contribution in [0.15, 0.2) is 34.8 Å². The molecule has 0 fully saturated rings. The number of nitrogens with one attached hydrogen (secondary N) is 1. The lowest BCUT2D eigenvalue weighted by molar-refractivity contribution is 0.393. The molecule has 2 aromatic rings. The number of ether oxygens (including phenoxy) is 2. The summed E-state index contributed by atoms with van der Waals surface area (Å²) in [6.07, 6.45) is 0. The highest BCUT2D eigenvalue weighted by Crippen LogP contribution is 2.26. The third-order valence-corrected chi connectivity index (χ3v) is 3.35. The minimum absolute atomic E-state index is 0.167. The predicted octanol–water partition coefficient (Wildman–Crippen LogP) is 4.36. The molecule has 0 saturated heterocycles. The average molecular weight is 358 g/mol. The average Bonchev–Trinajstić information content (AvgIpc) is 2.45. The molecule has 0 aromatic heterocycles. The Bertz CT molecular complexity index is 604. The summed E-state index contributed by atoms with van der Waals surface area (Å²) in [5, 5.41) is 2.75.